The molecule has 1 atom stereocenters. The second-order valence-electron chi connectivity index (χ2n) is 2.45. The van der Waals surface area contributed by atoms with Crippen LogP contribution in [0.1, 0.15) is 13.3 Å². The molecule has 0 aromatic carbocycles. The van der Waals surface area contributed by atoms with Crippen LogP contribution in [-0.4, -0.2) is 34.4 Å². The number of ether oxygens (including phenoxy) is 1. The zero-order valence-corrected chi connectivity index (χ0v) is 8.88. The second kappa shape index (κ2) is 5.23. The topological polar surface area (TPSA) is 63.6 Å². The largest absolute Gasteiger partial charge is 0.477 e. The maximum Gasteiger partial charge on any atom is 0.378 e. The van der Waals surface area contributed by atoms with E-state index in [9.17, 15) is 18.4 Å². The summed E-state index contributed by atoms with van der Waals surface area (Å²) in [6.45, 7) is 1.31. The van der Waals surface area contributed by atoms with Gasteiger partial charge < -0.3 is 9.84 Å². The number of esters is 1. The van der Waals surface area contributed by atoms with E-state index >= 15 is 0 Å². The number of hydrogen-bond acceptors (Lipinski definition) is 3. The predicted molar refractivity (Wildman–Crippen MR) is 46.5 cm³/mol. The minimum absolute atomic E-state index is 0.251. The monoisotopic (exact) mass is 274 g/mol. The molecular formula is C7H9BrF2O4. The summed E-state index contributed by atoms with van der Waals surface area (Å²) in [7, 11) is 0. The Balaban J connectivity index is 4.55. The van der Waals surface area contributed by atoms with Crippen LogP contribution in [0.4, 0.5) is 8.78 Å². The molecule has 0 aliphatic carbocycles. The highest BCUT2D eigenvalue weighted by molar-refractivity contribution is 9.09. The molecule has 0 heterocycles. The molecule has 14 heavy (non-hydrogen) atoms. The third kappa shape index (κ3) is 3.21. The Morgan fingerprint density at radius 2 is 2.07 bits per heavy atom. The lowest BCUT2D eigenvalue weighted by Gasteiger charge is -2.21. The van der Waals surface area contributed by atoms with Gasteiger partial charge in [0.05, 0.1) is 0 Å². The first-order valence-electron chi connectivity index (χ1n) is 3.72. The van der Waals surface area contributed by atoms with E-state index in [1.807, 2.05) is 0 Å². The molecule has 0 spiro atoms. The van der Waals surface area contributed by atoms with Gasteiger partial charge >= 0.3 is 17.9 Å². The van der Waals surface area contributed by atoms with E-state index in [0.717, 1.165) is 0 Å². The molecule has 0 fully saturated rings. The van der Waals surface area contributed by atoms with Crippen molar-refractivity contribution in [2.75, 3.05) is 5.33 Å². The van der Waals surface area contributed by atoms with Gasteiger partial charge in [0.25, 0.3) is 0 Å². The SMILES string of the molecule is CCC(OC(=O)CBr)C(F)(F)C(=O)O. The van der Waals surface area contributed by atoms with Crippen molar-refractivity contribution in [2.24, 2.45) is 0 Å². The van der Waals surface area contributed by atoms with Gasteiger partial charge in [-0.05, 0) is 6.42 Å². The fourth-order valence-electron chi connectivity index (χ4n) is 0.742. The normalized spacial score (nSPS) is 13.4. The van der Waals surface area contributed by atoms with Crippen LogP contribution in [-0.2, 0) is 14.3 Å². The van der Waals surface area contributed by atoms with Crippen molar-refractivity contribution < 1.29 is 28.2 Å². The maximum atomic E-state index is 12.8. The number of carboxylic acid groups (broad SMARTS) is 1. The van der Waals surface area contributed by atoms with E-state index < -0.39 is 24.0 Å². The fourth-order valence-corrected chi connectivity index (χ4v) is 0.874. The summed E-state index contributed by atoms with van der Waals surface area (Å²) >= 11 is 2.71. The van der Waals surface area contributed by atoms with Crippen LogP contribution in [0.15, 0.2) is 0 Å². The number of carbonyl (C=O) groups is 2. The standard InChI is InChI=1S/C7H9BrF2O4/c1-2-4(14-5(11)3-8)7(9,10)6(12)13/h4H,2-3H2,1H3,(H,12,13). The third-order valence-corrected chi connectivity index (χ3v) is 1.90. The van der Waals surface area contributed by atoms with Crippen molar-refractivity contribution in [3.8, 4) is 0 Å². The zero-order chi connectivity index (χ0) is 11.4. The van der Waals surface area contributed by atoms with Crippen LogP contribution < -0.4 is 0 Å². The molecular weight excluding hydrogens is 266 g/mol. The van der Waals surface area contributed by atoms with E-state index in [2.05, 4.69) is 20.7 Å². The van der Waals surface area contributed by atoms with Crippen molar-refractivity contribution in [1.82, 2.24) is 0 Å². The first kappa shape index (κ1) is 13.3. The molecule has 7 heteroatoms. The van der Waals surface area contributed by atoms with Crippen molar-refractivity contribution in [1.29, 1.82) is 0 Å². The summed E-state index contributed by atoms with van der Waals surface area (Å²) in [5.41, 5.74) is 0. The number of hydrogen-bond donors (Lipinski definition) is 1. The summed E-state index contributed by atoms with van der Waals surface area (Å²) in [6, 6.07) is 0. The van der Waals surface area contributed by atoms with Crippen molar-refractivity contribution in [3.05, 3.63) is 0 Å². The van der Waals surface area contributed by atoms with Gasteiger partial charge in [-0.15, -0.1) is 0 Å². The minimum Gasteiger partial charge on any atom is -0.477 e. The predicted octanol–water partition coefficient (Wildman–Crippen LogP) is 1.42. The Hall–Kier alpha value is -0.720. The molecule has 0 saturated carbocycles. The fraction of sp³-hybridized carbons (Fsp3) is 0.714. The molecule has 0 aliphatic rings. The average Bonchev–Trinajstić information content (AvgIpc) is 2.12. The summed E-state index contributed by atoms with van der Waals surface area (Å²) in [4.78, 5) is 20.8. The van der Waals surface area contributed by atoms with Crippen molar-refractivity contribution in [3.63, 3.8) is 0 Å². The quantitative estimate of drug-likeness (QED) is 0.609. The Bertz CT molecular complexity index is 232. The molecule has 0 bridgehead atoms. The number of aliphatic carboxylic acids is 1. The number of alkyl halides is 3. The van der Waals surface area contributed by atoms with E-state index in [1.165, 1.54) is 6.92 Å². The van der Waals surface area contributed by atoms with Crippen LogP contribution in [0.25, 0.3) is 0 Å². The van der Waals surface area contributed by atoms with E-state index in [0.29, 0.717) is 0 Å². The first-order chi connectivity index (χ1) is 6.36. The Morgan fingerprint density at radius 3 is 2.36 bits per heavy atom. The highest BCUT2D eigenvalue weighted by Gasteiger charge is 2.49. The summed E-state index contributed by atoms with van der Waals surface area (Å²) in [6.07, 6.45) is -2.19. The van der Waals surface area contributed by atoms with E-state index in [1.54, 1.807) is 0 Å². The van der Waals surface area contributed by atoms with Crippen LogP contribution in [0.2, 0.25) is 0 Å². The van der Waals surface area contributed by atoms with Gasteiger partial charge in [-0.2, -0.15) is 8.78 Å². The minimum atomic E-state index is -4.05. The Labute approximate surface area is 87.4 Å². The highest BCUT2D eigenvalue weighted by atomic mass is 79.9. The van der Waals surface area contributed by atoms with E-state index in [4.69, 9.17) is 5.11 Å². The molecule has 4 nitrogen and oxygen atoms in total. The van der Waals surface area contributed by atoms with Crippen LogP contribution in [0, 0.1) is 0 Å². The lowest BCUT2D eigenvalue weighted by Crippen LogP contribution is -2.43. The van der Waals surface area contributed by atoms with Gasteiger partial charge in [0, 0.05) is 0 Å². The summed E-state index contributed by atoms with van der Waals surface area (Å²) in [5, 5.41) is 7.92. The number of rotatable bonds is 5. The van der Waals surface area contributed by atoms with Crippen molar-refractivity contribution in [2.45, 2.75) is 25.4 Å². The first-order valence-corrected chi connectivity index (χ1v) is 4.85. The van der Waals surface area contributed by atoms with Gasteiger partial charge in [-0.3, -0.25) is 4.79 Å². The molecule has 0 amide bonds. The smallest absolute Gasteiger partial charge is 0.378 e. The summed E-state index contributed by atoms with van der Waals surface area (Å²) in [5.74, 6) is -7.27. The van der Waals surface area contributed by atoms with Crippen LogP contribution in [0.5, 0.6) is 0 Å². The van der Waals surface area contributed by atoms with Gasteiger partial charge in [0.15, 0.2) is 6.10 Å². The zero-order valence-electron chi connectivity index (χ0n) is 7.30. The number of carboxylic acids is 1. The van der Waals surface area contributed by atoms with Gasteiger partial charge in [0.1, 0.15) is 5.33 Å². The molecule has 0 aromatic heterocycles. The van der Waals surface area contributed by atoms with Gasteiger partial charge in [-0.25, -0.2) is 4.79 Å². The molecule has 0 aromatic rings. The average molecular weight is 275 g/mol. The Morgan fingerprint density at radius 1 is 1.57 bits per heavy atom. The molecule has 1 N–H and O–H groups in total. The second-order valence-corrected chi connectivity index (χ2v) is 3.01. The van der Waals surface area contributed by atoms with Crippen LogP contribution in [0.3, 0.4) is 0 Å². The molecule has 0 radical (unpaired) electrons. The maximum absolute atomic E-state index is 12.8. The lowest BCUT2D eigenvalue weighted by atomic mass is 10.1. The molecule has 0 rings (SSSR count). The third-order valence-electron chi connectivity index (χ3n) is 1.44. The molecule has 82 valence electrons. The molecule has 0 saturated heterocycles. The van der Waals surface area contributed by atoms with Gasteiger partial charge in [0.2, 0.25) is 0 Å². The van der Waals surface area contributed by atoms with Crippen molar-refractivity contribution >= 4 is 27.9 Å². The van der Waals surface area contributed by atoms with Gasteiger partial charge in [-0.1, -0.05) is 22.9 Å². The number of halogens is 3. The van der Waals surface area contributed by atoms with Crippen LogP contribution >= 0.6 is 15.9 Å². The summed E-state index contributed by atoms with van der Waals surface area (Å²) < 4.78 is 29.9. The Kier molecular flexibility index (Phi) is 4.96. The number of carbonyl (C=O) groups excluding carboxylic acids is 1. The highest BCUT2D eigenvalue weighted by Crippen LogP contribution is 2.24. The lowest BCUT2D eigenvalue weighted by molar-refractivity contribution is -0.192. The molecule has 1 unspecified atom stereocenters. The molecule has 0 aliphatic heterocycles. The van der Waals surface area contributed by atoms with E-state index in [-0.39, 0.29) is 11.8 Å².